The van der Waals surface area contributed by atoms with Crippen molar-refractivity contribution in [2.75, 3.05) is 4.90 Å². The van der Waals surface area contributed by atoms with E-state index < -0.39 is 0 Å². The third-order valence-electron chi connectivity index (χ3n) is 11.9. The number of hydrogen-bond donors (Lipinski definition) is 0. The first-order valence-corrected chi connectivity index (χ1v) is 19.4. The minimum Gasteiger partial charge on any atom is -0.310 e. The fourth-order valence-corrected chi connectivity index (χ4v) is 9.54. The largest absolute Gasteiger partial charge is 0.310 e. The second-order valence-electron chi connectivity index (χ2n) is 14.8. The molecule has 0 N–H and O–H groups in total. The molecular weight excluding hydrogens is 677 g/mol. The molecule has 1 heterocycles. The Bertz CT molecular complexity index is 3340. The van der Waals surface area contributed by atoms with Gasteiger partial charge in [-0.05, 0) is 115 Å². The van der Waals surface area contributed by atoms with Crippen LogP contribution in [0.2, 0.25) is 0 Å². The fraction of sp³-hybridized carbons (Fsp3) is 0. The highest BCUT2D eigenvalue weighted by Gasteiger charge is 2.27. The van der Waals surface area contributed by atoms with Gasteiger partial charge in [0.05, 0.1) is 16.7 Å². The molecule has 260 valence electrons. The summed E-state index contributed by atoms with van der Waals surface area (Å²) in [5.74, 6) is 0. The Morgan fingerprint density at radius 2 is 0.946 bits per heavy atom. The SMILES string of the molecule is c1ccc(N(c2ccc(-c3cccc4c3-c3cccc5c3c3c6c-4cccc6ccc3n5-c3ccccc3)cc2)c2cc3ccccc3c3ccccc23)cc1. The standard InChI is InChI=1S/C54H34N2/c1-3-16-38(17-4-1)55(50-34-37-14-7-8-20-41(37)43-21-9-10-22-44(43)50)40-31-28-35(29-32-40)42-23-12-25-46-45-24-11-15-36-30-33-49-54(51(36)45)53-47(52(42)46)26-13-27-48(53)56(49)39-18-5-2-6-19-39/h1-34H. The zero-order chi connectivity index (χ0) is 36.7. The molecule has 2 nitrogen and oxygen atoms in total. The maximum absolute atomic E-state index is 2.45. The van der Waals surface area contributed by atoms with Crippen LogP contribution in [0.25, 0.3) is 93.2 Å². The Kier molecular flexibility index (Phi) is 6.66. The number of anilines is 3. The highest BCUT2D eigenvalue weighted by atomic mass is 15.1. The smallest absolute Gasteiger partial charge is 0.0547 e. The highest BCUT2D eigenvalue weighted by Crippen LogP contribution is 2.52. The van der Waals surface area contributed by atoms with E-state index in [1.54, 1.807) is 0 Å². The normalized spacial score (nSPS) is 11.9. The van der Waals surface area contributed by atoms with E-state index in [1.165, 1.54) is 93.2 Å². The van der Waals surface area contributed by atoms with Crippen LogP contribution in [0.4, 0.5) is 17.1 Å². The quantitative estimate of drug-likeness (QED) is 0.161. The molecule has 0 unspecified atom stereocenters. The van der Waals surface area contributed by atoms with Crippen LogP contribution in [0.5, 0.6) is 0 Å². The average molecular weight is 711 g/mol. The number of rotatable bonds is 5. The van der Waals surface area contributed by atoms with Gasteiger partial charge in [0.25, 0.3) is 0 Å². The molecule has 2 heteroatoms. The number of fused-ring (bicyclic) bond motifs is 6. The van der Waals surface area contributed by atoms with Crippen LogP contribution in [-0.4, -0.2) is 4.57 Å². The Hall–Kier alpha value is -7.42. The number of benzene rings is 10. The monoisotopic (exact) mass is 710 g/mol. The van der Waals surface area contributed by atoms with Gasteiger partial charge in [0.15, 0.2) is 0 Å². The molecule has 0 fully saturated rings. The van der Waals surface area contributed by atoms with Crippen molar-refractivity contribution >= 4 is 71.2 Å². The molecule has 0 aliphatic heterocycles. The Morgan fingerprint density at radius 1 is 0.339 bits per heavy atom. The summed E-state index contributed by atoms with van der Waals surface area (Å²) in [5, 5.41) is 10.2. The van der Waals surface area contributed by atoms with E-state index >= 15 is 0 Å². The lowest BCUT2D eigenvalue weighted by atomic mass is 9.87. The Morgan fingerprint density at radius 3 is 1.79 bits per heavy atom. The summed E-state index contributed by atoms with van der Waals surface area (Å²) in [6.07, 6.45) is 0. The summed E-state index contributed by atoms with van der Waals surface area (Å²) in [5.41, 5.74) is 14.6. The summed E-state index contributed by atoms with van der Waals surface area (Å²) in [6.45, 7) is 0. The predicted molar refractivity (Wildman–Crippen MR) is 238 cm³/mol. The first kappa shape index (κ1) is 31.0. The molecule has 10 aromatic carbocycles. The van der Waals surface area contributed by atoms with E-state index in [0.29, 0.717) is 0 Å². The third-order valence-corrected chi connectivity index (χ3v) is 11.9. The van der Waals surface area contributed by atoms with Gasteiger partial charge in [0.1, 0.15) is 0 Å². The molecular formula is C54H34N2. The van der Waals surface area contributed by atoms with E-state index in [4.69, 9.17) is 0 Å². The molecule has 11 aromatic rings. The van der Waals surface area contributed by atoms with Crippen LogP contribution in [0.15, 0.2) is 206 Å². The van der Waals surface area contributed by atoms with Gasteiger partial charge in [-0.3, -0.25) is 0 Å². The first-order chi connectivity index (χ1) is 27.8. The van der Waals surface area contributed by atoms with Gasteiger partial charge < -0.3 is 9.47 Å². The van der Waals surface area contributed by atoms with E-state index in [-0.39, 0.29) is 0 Å². The minimum absolute atomic E-state index is 1.11. The molecule has 56 heavy (non-hydrogen) atoms. The van der Waals surface area contributed by atoms with E-state index in [2.05, 4.69) is 216 Å². The van der Waals surface area contributed by atoms with Crippen molar-refractivity contribution in [3.63, 3.8) is 0 Å². The minimum atomic E-state index is 1.11. The van der Waals surface area contributed by atoms with Crippen molar-refractivity contribution in [3.05, 3.63) is 206 Å². The van der Waals surface area contributed by atoms with E-state index in [1.807, 2.05) is 0 Å². The lowest BCUT2D eigenvalue weighted by molar-refractivity contribution is 1.18. The van der Waals surface area contributed by atoms with E-state index in [0.717, 1.165) is 17.1 Å². The fourth-order valence-electron chi connectivity index (χ4n) is 9.54. The molecule has 0 saturated heterocycles. The maximum atomic E-state index is 2.45. The molecule has 0 bridgehead atoms. The van der Waals surface area contributed by atoms with Gasteiger partial charge in [0, 0.05) is 33.2 Å². The first-order valence-electron chi connectivity index (χ1n) is 19.4. The summed E-state index contributed by atoms with van der Waals surface area (Å²) in [4.78, 5) is 2.41. The summed E-state index contributed by atoms with van der Waals surface area (Å²) >= 11 is 0. The molecule has 0 amide bonds. The second-order valence-corrected chi connectivity index (χ2v) is 14.8. The van der Waals surface area contributed by atoms with Gasteiger partial charge in [0.2, 0.25) is 0 Å². The Balaban J connectivity index is 1.09. The van der Waals surface area contributed by atoms with Crippen molar-refractivity contribution in [2.24, 2.45) is 0 Å². The highest BCUT2D eigenvalue weighted by molar-refractivity contribution is 6.31. The van der Waals surface area contributed by atoms with Crippen molar-refractivity contribution in [2.45, 2.75) is 0 Å². The van der Waals surface area contributed by atoms with E-state index in [9.17, 15) is 0 Å². The number of para-hydroxylation sites is 2. The van der Waals surface area contributed by atoms with Crippen LogP contribution in [0.1, 0.15) is 0 Å². The number of hydrogen-bond acceptors (Lipinski definition) is 1. The molecule has 1 aromatic heterocycles. The molecule has 0 saturated carbocycles. The Labute approximate surface area is 324 Å². The van der Waals surface area contributed by atoms with Crippen LogP contribution >= 0.6 is 0 Å². The molecule has 1 aliphatic carbocycles. The molecule has 1 aliphatic rings. The van der Waals surface area contributed by atoms with Crippen molar-refractivity contribution in [3.8, 4) is 39.1 Å². The lowest BCUT2D eigenvalue weighted by Crippen LogP contribution is -2.10. The van der Waals surface area contributed by atoms with Gasteiger partial charge in [-0.25, -0.2) is 0 Å². The summed E-state index contributed by atoms with van der Waals surface area (Å²) in [6, 6.07) is 75.7. The summed E-state index contributed by atoms with van der Waals surface area (Å²) in [7, 11) is 0. The van der Waals surface area contributed by atoms with Crippen LogP contribution < -0.4 is 4.90 Å². The zero-order valence-electron chi connectivity index (χ0n) is 30.5. The molecule has 0 radical (unpaired) electrons. The van der Waals surface area contributed by atoms with Gasteiger partial charge in [-0.1, -0.05) is 152 Å². The molecule has 0 spiro atoms. The topological polar surface area (TPSA) is 8.17 Å². The molecule has 12 rings (SSSR count). The number of aromatic nitrogens is 1. The van der Waals surface area contributed by atoms with Crippen molar-refractivity contribution < 1.29 is 0 Å². The molecule has 0 atom stereocenters. The maximum Gasteiger partial charge on any atom is 0.0547 e. The third kappa shape index (κ3) is 4.44. The van der Waals surface area contributed by atoms with Gasteiger partial charge in [-0.15, -0.1) is 0 Å². The van der Waals surface area contributed by atoms with Crippen molar-refractivity contribution in [1.29, 1.82) is 0 Å². The van der Waals surface area contributed by atoms with Crippen LogP contribution in [-0.2, 0) is 0 Å². The second kappa shape index (κ2) is 12.0. The lowest BCUT2D eigenvalue weighted by Gasteiger charge is -2.28. The number of nitrogens with zero attached hydrogens (tertiary/aromatic N) is 2. The summed E-state index contributed by atoms with van der Waals surface area (Å²) < 4.78 is 2.45. The zero-order valence-corrected chi connectivity index (χ0v) is 30.5. The average Bonchev–Trinajstić information content (AvgIpc) is 3.55. The van der Waals surface area contributed by atoms with Crippen LogP contribution in [0.3, 0.4) is 0 Å². The van der Waals surface area contributed by atoms with Gasteiger partial charge in [-0.2, -0.15) is 0 Å². The van der Waals surface area contributed by atoms with Crippen LogP contribution in [0, 0.1) is 0 Å². The van der Waals surface area contributed by atoms with Crippen molar-refractivity contribution in [1.82, 2.24) is 4.57 Å². The predicted octanol–water partition coefficient (Wildman–Crippen LogP) is 15.0. The van der Waals surface area contributed by atoms with Gasteiger partial charge >= 0.3 is 0 Å².